The smallest absolute Gasteiger partial charge is 0.231 e. The summed E-state index contributed by atoms with van der Waals surface area (Å²) in [5, 5.41) is 24.5. The Labute approximate surface area is 156 Å². The zero-order valence-corrected chi connectivity index (χ0v) is 15.4. The standard InChI is InChI=1S/C20H21NO6/c1-21(23)5-4-10-6-15-20(27-9-26-15)17-11-7-13(24-2)14(25-3)8-12(11)19(22)18(21)16(10)17/h6-8,18-19,22H,4-5,9H2,1-3H3/t18-,19-,21?/m0/s1. The molecule has 1 N–H and O–H groups in total. The highest BCUT2D eigenvalue weighted by Gasteiger charge is 2.47. The number of likely N-dealkylation sites (N-methyl/N-ethyl adjacent to an activating group) is 1. The number of rotatable bonds is 2. The molecule has 0 fully saturated rings. The number of fused-ring (bicyclic) bond motifs is 4. The summed E-state index contributed by atoms with van der Waals surface area (Å²) in [6, 6.07) is 4.93. The molecular weight excluding hydrogens is 350 g/mol. The Balaban J connectivity index is 1.88. The normalized spacial score (nSPS) is 27.0. The minimum atomic E-state index is -0.950. The number of benzene rings is 2. The zero-order valence-electron chi connectivity index (χ0n) is 15.4. The SMILES string of the molecule is COc1cc2c(cc1OC)[C@H](O)[C@@H]1c3c(cc4c(c3-2)OCO4)CC[N+]1(C)[O-]. The highest BCUT2D eigenvalue weighted by molar-refractivity contribution is 5.85. The lowest BCUT2D eigenvalue weighted by molar-refractivity contribution is -0.899. The third kappa shape index (κ3) is 2.13. The van der Waals surface area contributed by atoms with Crippen molar-refractivity contribution in [2.24, 2.45) is 0 Å². The average molecular weight is 371 g/mol. The molecule has 0 spiro atoms. The van der Waals surface area contributed by atoms with Crippen molar-refractivity contribution in [2.75, 3.05) is 34.6 Å². The Bertz CT molecular complexity index is 954. The molecule has 2 aromatic rings. The molecular formula is C20H21NO6. The minimum Gasteiger partial charge on any atom is -0.632 e. The molecule has 3 aliphatic rings. The molecule has 2 aromatic carbocycles. The number of quaternary nitrogens is 1. The van der Waals surface area contributed by atoms with E-state index in [1.54, 1.807) is 27.3 Å². The topological polar surface area (TPSA) is 80.2 Å². The van der Waals surface area contributed by atoms with Crippen LogP contribution in [0.25, 0.3) is 11.1 Å². The van der Waals surface area contributed by atoms with Gasteiger partial charge in [-0.3, -0.25) is 0 Å². The van der Waals surface area contributed by atoms with Gasteiger partial charge in [0.1, 0.15) is 12.1 Å². The maximum absolute atomic E-state index is 13.3. The van der Waals surface area contributed by atoms with Crippen molar-refractivity contribution in [3.63, 3.8) is 0 Å². The first-order chi connectivity index (χ1) is 13.0. The van der Waals surface area contributed by atoms with Crippen LogP contribution in [0.2, 0.25) is 0 Å². The van der Waals surface area contributed by atoms with Crippen molar-refractivity contribution in [3.05, 3.63) is 40.1 Å². The van der Waals surface area contributed by atoms with E-state index in [-0.39, 0.29) is 6.79 Å². The van der Waals surface area contributed by atoms with Crippen molar-refractivity contribution in [1.82, 2.24) is 0 Å². The highest BCUT2D eigenvalue weighted by Crippen LogP contribution is 2.59. The molecule has 0 amide bonds. The van der Waals surface area contributed by atoms with E-state index in [0.717, 1.165) is 22.3 Å². The van der Waals surface area contributed by atoms with Crippen LogP contribution in [-0.2, 0) is 6.42 Å². The van der Waals surface area contributed by atoms with Gasteiger partial charge in [0.15, 0.2) is 23.0 Å². The van der Waals surface area contributed by atoms with Crippen molar-refractivity contribution in [2.45, 2.75) is 18.6 Å². The summed E-state index contributed by atoms with van der Waals surface area (Å²) < 4.78 is 21.8. The third-order valence-corrected chi connectivity index (χ3v) is 5.94. The number of aliphatic hydroxyl groups excluding tert-OH is 1. The van der Waals surface area contributed by atoms with Crippen LogP contribution < -0.4 is 18.9 Å². The van der Waals surface area contributed by atoms with Gasteiger partial charge < -0.3 is 33.9 Å². The molecule has 142 valence electrons. The van der Waals surface area contributed by atoms with Crippen LogP contribution in [0.3, 0.4) is 0 Å². The molecule has 2 aliphatic heterocycles. The molecule has 7 nitrogen and oxygen atoms in total. The molecule has 5 rings (SSSR count). The van der Waals surface area contributed by atoms with E-state index in [0.29, 0.717) is 41.5 Å². The van der Waals surface area contributed by atoms with Gasteiger partial charge in [0, 0.05) is 17.5 Å². The van der Waals surface area contributed by atoms with E-state index in [1.807, 2.05) is 12.1 Å². The van der Waals surface area contributed by atoms with Gasteiger partial charge >= 0.3 is 0 Å². The van der Waals surface area contributed by atoms with Crippen LogP contribution in [0.5, 0.6) is 23.0 Å². The molecule has 1 unspecified atom stereocenters. The molecule has 7 heteroatoms. The maximum Gasteiger partial charge on any atom is 0.231 e. The monoisotopic (exact) mass is 371 g/mol. The van der Waals surface area contributed by atoms with Crippen LogP contribution in [-0.4, -0.2) is 44.4 Å². The quantitative estimate of drug-likeness (QED) is 0.646. The molecule has 1 aliphatic carbocycles. The van der Waals surface area contributed by atoms with Gasteiger partial charge in [0.25, 0.3) is 0 Å². The number of hydrogen-bond donors (Lipinski definition) is 1. The predicted molar refractivity (Wildman–Crippen MR) is 96.9 cm³/mol. The first-order valence-electron chi connectivity index (χ1n) is 8.92. The summed E-state index contributed by atoms with van der Waals surface area (Å²) in [7, 11) is 4.74. The van der Waals surface area contributed by atoms with Gasteiger partial charge in [-0.2, -0.15) is 0 Å². The van der Waals surface area contributed by atoms with Gasteiger partial charge in [-0.25, -0.2) is 0 Å². The van der Waals surface area contributed by atoms with Crippen molar-refractivity contribution in [3.8, 4) is 34.1 Å². The van der Waals surface area contributed by atoms with E-state index in [9.17, 15) is 10.3 Å². The average Bonchev–Trinajstić information content (AvgIpc) is 3.12. The van der Waals surface area contributed by atoms with E-state index in [2.05, 4.69) is 0 Å². The Morgan fingerprint density at radius 1 is 1.15 bits per heavy atom. The second kappa shape index (κ2) is 5.51. The van der Waals surface area contributed by atoms with Crippen LogP contribution >= 0.6 is 0 Å². The Morgan fingerprint density at radius 3 is 2.63 bits per heavy atom. The molecule has 0 bridgehead atoms. The third-order valence-electron chi connectivity index (χ3n) is 5.94. The Kier molecular flexibility index (Phi) is 3.40. The van der Waals surface area contributed by atoms with Gasteiger partial charge in [0.05, 0.1) is 27.8 Å². The lowest BCUT2D eigenvalue weighted by atomic mass is 9.74. The fourth-order valence-corrected chi connectivity index (χ4v) is 4.66. The summed E-state index contributed by atoms with van der Waals surface area (Å²) in [6.07, 6.45) is -0.320. The fraction of sp³-hybridized carbons (Fsp3) is 0.400. The highest BCUT2D eigenvalue weighted by atomic mass is 16.7. The summed E-state index contributed by atoms with van der Waals surface area (Å²) >= 11 is 0. The molecule has 0 saturated heterocycles. The van der Waals surface area contributed by atoms with Crippen LogP contribution in [0, 0.1) is 5.21 Å². The lowest BCUT2D eigenvalue weighted by Gasteiger charge is -2.52. The van der Waals surface area contributed by atoms with Crippen molar-refractivity contribution in [1.29, 1.82) is 0 Å². The first kappa shape index (κ1) is 16.7. The summed E-state index contributed by atoms with van der Waals surface area (Å²) in [5.41, 5.74) is 4.14. The minimum absolute atomic E-state index is 0.143. The van der Waals surface area contributed by atoms with Crippen LogP contribution in [0.4, 0.5) is 0 Å². The number of nitrogens with zero attached hydrogens (tertiary/aromatic N) is 1. The number of hydrogen-bond acceptors (Lipinski definition) is 6. The van der Waals surface area contributed by atoms with Crippen LogP contribution in [0.15, 0.2) is 18.2 Å². The summed E-state index contributed by atoms with van der Waals surface area (Å²) in [4.78, 5) is 0. The van der Waals surface area contributed by atoms with Crippen molar-refractivity contribution >= 4 is 0 Å². The Morgan fingerprint density at radius 2 is 1.89 bits per heavy atom. The molecule has 0 radical (unpaired) electrons. The van der Waals surface area contributed by atoms with Crippen LogP contribution in [0.1, 0.15) is 28.8 Å². The Hall–Kier alpha value is -2.48. The van der Waals surface area contributed by atoms with Gasteiger partial charge in [-0.1, -0.05) is 0 Å². The lowest BCUT2D eigenvalue weighted by Crippen LogP contribution is -2.49. The predicted octanol–water partition coefficient (Wildman–Crippen LogP) is 2.69. The van der Waals surface area contributed by atoms with Gasteiger partial charge in [0.2, 0.25) is 6.79 Å². The number of aliphatic hydroxyl groups is 1. The van der Waals surface area contributed by atoms with Gasteiger partial charge in [-0.15, -0.1) is 0 Å². The number of ether oxygens (including phenoxy) is 4. The summed E-state index contributed by atoms with van der Waals surface area (Å²) in [6.45, 7) is 0.543. The molecule has 2 heterocycles. The van der Waals surface area contributed by atoms with Gasteiger partial charge in [-0.05, 0) is 34.9 Å². The number of hydroxylamine groups is 3. The molecule has 0 aromatic heterocycles. The molecule has 27 heavy (non-hydrogen) atoms. The van der Waals surface area contributed by atoms with E-state index in [4.69, 9.17) is 18.9 Å². The fourth-order valence-electron chi connectivity index (χ4n) is 4.66. The van der Waals surface area contributed by atoms with E-state index in [1.165, 1.54) is 0 Å². The van der Waals surface area contributed by atoms with Crippen molar-refractivity contribution < 1.29 is 28.7 Å². The second-order valence-corrected chi connectivity index (χ2v) is 7.39. The second-order valence-electron chi connectivity index (χ2n) is 7.39. The molecule has 0 saturated carbocycles. The first-order valence-corrected chi connectivity index (χ1v) is 8.92. The summed E-state index contributed by atoms with van der Waals surface area (Å²) in [5.74, 6) is 2.38. The van der Waals surface area contributed by atoms with E-state index >= 15 is 0 Å². The zero-order chi connectivity index (χ0) is 18.9. The number of methoxy groups -OCH3 is 2. The maximum atomic E-state index is 13.3. The molecule has 3 atom stereocenters. The van der Waals surface area contributed by atoms with E-state index < -0.39 is 16.8 Å². The largest absolute Gasteiger partial charge is 0.632 e.